The molecule has 0 spiro atoms. The Balaban J connectivity index is 1.94. The molecule has 0 radical (unpaired) electrons. The van der Waals surface area contributed by atoms with Gasteiger partial charge in [-0.25, -0.2) is 0 Å². The lowest BCUT2D eigenvalue weighted by atomic mass is 9.94. The molecule has 1 amide bonds. The van der Waals surface area contributed by atoms with Crippen LogP contribution in [0.15, 0.2) is 4.52 Å². The van der Waals surface area contributed by atoms with E-state index in [4.69, 9.17) is 4.52 Å². The van der Waals surface area contributed by atoms with Crippen molar-refractivity contribution in [2.75, 3.05) is 13.1 Å². The highest BCUT2D eigenvalue weighted by Gasteiger charge is 2.27. The van der Waals surface area contributed by atoms with Gasteiger partial charge in [0.2, 0.25) is 5.91 Å². The van der Waals surface area contributed by atoms with E-state index < -0.39 is 0 Å². The Morgan fingerprint density at radius 1 is 1.43 bits per heavy atom. The highest BCUT2D eigenvalue weighted by Crippen LogP contribution is 2.20. The largest absolute Gasteiger partial charge is 0.361 e. The fourth-order valence-corrected chi connectivity index (χ4v) is 2.67. The summed E-state index contributed by atoms with van der Waals surface area (Å²) in [5, 5.41) is 7.19. The predicted octanol–water partition coefficient (Wildman–Crippen LogP) is 2.42. The summed E-state index contributed by atoms with van der Waals surface area (Å²) in [5.74, 6) is 1.03. The van der Waals surface area contributed by atoms with Crippen LogP contribution in [0.25, 0.3) is 0 Å². The lowest BCUT2D eigenvalue weighted by molar-refractivity contribution is -0.129. The van der Waals surface area contributed by atoms with E-state index >= 15 is 0 Å². The van der Waals surface area contributed by atoms with E-state index in [0.717, 1.165) is 43.9 Å². The number of piperidine rings is 1. The minimum absolute atomic E-state index is 0.131. The van der Waals surface area contributed by atoms with Crippen LogP contribution in [0.4, 0.5) is 0 Å². The number of rotatable bonds is 3. The Hall–Kier alpha value is -1.36. The molecule has 1 aliphatic heterocycles. The molecule has 5 nitrogen and oxygen atoms in total. The maximum absolute atomic E-state index is 12.1. The number of hydrogen-bond donors (Lipinski definition) is 1. The second-order valence-corrected chi connectivity index (χ2v) is 7.10. The van der Waals surface area contributed by atoms with Crippen molar-refractivity contribution in [1.29, 1.82) is 0 Å². The van der Waals surface area contributed by atoms with Crippen molar-refractivity contribution in [1.82, 2.24) is 15.4 Å². The average Bonchev–Trinajstić information content (AvgIpc) is 2.70. The molecule has 0 aliphatic carbocycles. The van der Waals surface area contributed by atoms with E-state index in [1.165, 1.54) is 5.56 Å². The lowest BCUT2D eigenvalue weighted by Crippen LogP contribution is -2.50. The van der Waals surface area contributed by atoms with Gasteiger partial charge >= 0.3 is 0 Å². The molecule has 21 heavy (non-hydrogen) atoms. The summed E-state index contributed by atoms with van der Waals surface area (Å²) in [5.41, 5.74) is 1.82. The molecule has 0 bridgehead atoms. The second kappa shape index (κ2) is 6.18. The lowest BCUT2D eigenvalue weighted by Gasteiger charge is -2.34. The van der Waals surface area contributed by atoms with Gasteiger partial charge < -0.3 is 9.84 Å². The summed E-state index contributed by atoms with van der Waals surface area (Å²) >= 11 is 0. The number of carbonyl (C=O) groups is 1. The third-order valence-corrected chi connectivity index (χ3v) is 4.08. The zero-order valence-electron chi connectivity index (χ0n) is 13.8. The monoisotopic (exact) mass is 293 g/mol. The van der Waals surface area contributed by atoms with Gasteiger partial charge in [-0.15, -0.1) is 0 Å². The van der Waals surface area contributed by atoms with Gasteiger partial charge in [-0.1, -0.05) is 25.9 Å². The molecule has 1 unspecified atom stereocenters. The smallest absolute Gasteiger partial charge is 0.225 e. The van der Waals surface area contributed by atoms with Gasteiger partial charge in [0.25, 0.3) is 0 Å². The zero-order valence-corrected chi connectivity index (χ0v) is 13.8. The molecule has 2 heterocycles. The predicted molar refractivity (Wildman–Crippen MR) is 81.9 cm³/mol. The molecule has 1 aliphatic rings. The average molecular weight is 293 g/mol. The van der Waals surface area contributed by atoms with Crippen LogP contribution in [-0.2, 0) is 11.3 Å². The molecule has 1 aromatic heterocycles. The van der Waals surface area contributed by atoms with Crippen molar-refractivity contribution in [3.8, 4) is 0 Å². The van der Waals surface area contributed by atoms with Crippen LogP contribution in [0.5, 0.6) is 0 Å². The Morgan fingerprint density at radius 3 is 2.71 bits per heavy atom. The SMILES string of the molecule is Cc1noc(C)c1CN1CCCC(NC(=O)C(C)(C)C)C1. The summed E-state index contributed by atoms with van der Waals surface area (Å²) < 4.78 is 5.23. The van der Waals surface area contributed by atoms with Gasteiger partial charge in [-0.3, -0.25) is 9.69 Å². The van der Waals surface area contributed by atoms with Gasteiger partial charge in [-0.2, -0.15) is 0 Å². The second-order valence-electron chi connectivity index (χ2n) is 7.10. The number of aromatic nitrogens is 1. The number of carbonyl (C=O) groups excluding carboxylic acids is 1. The Morgan fingerprint density at radius 2 is 2.14 bits per heavy atom. The van der Waals surface area contributed by atoms with Gasteiger partial charge in [-0.05, 0) is 33.2 Å². The van der Waals surface area contributed by atoms with Crippen molar-refractivity contribution in [3.63, 3.8) is 0 Å². The van der Waals surface area contributed by atoms with E-state index in [0.29, 0.717) is 0 Å². The first kappa shape index (κ1) is 16.0. The minimum atomic E-state index is -0.329. The van der Waals surface area contributed by atoms with Gasteiger partial charge in [0.1, 0.15) is 5.76 Å². The molecule has 1 atom stereocenters. The summed E-state index contributed by atoms with van der Waals surface area (Å²) in [4.78, 5) is 14.5. The van der Waals surface area contributed by atoms with Gasteiger partial charge in [0, 0.05) is 30.1 Å². The Bertz CT molecular complexity index is 483. The number of nitrogens with zero attached hydrogens (tertiary/aromatic N) is 2. The quantitative estimate of drug-likeness (QED) is 0.930. The van der Waals surface area contributed by atoms with E-state index in [1.54, 1.807) is 0 Å². The zero-order chi connectivity index (χ0) is 15.6. The first-order chi connectivity index (χ1) is 9.77. The van der Waals surface area contributed by atoms with Crippen LogP contribution in [0.3, 0.4) is 0 Å². The van der Waals surface area contributed by atoms with Crippen LogP contribution in [0.1, 0.15) is 50.6 Å². The molecule has 0 aromatic carbocycles. The summed E-state index contributed by atoms with van der Waals surface area (Å²) in [6.45, 7) is 12.6. The Kier molecular flexibility index (Phi) is 4.71. The van der Waals surface area contributed by atoms with E-state index in [9.17, 15) is 4.79 Å². The fourth-order valence-electron chi connectivity index (χ4n) is 2.67. The maximum atomic E-state index is 12.1. The molecule has 1 aromatic rings. The number of likely N-dealkylation sites (tertiary alicyclic amines) is 1. The Labute approximate surface area is 127 Å². The van der Waals surface area contributed by atoms with Crippen LogP contribution >= 0.6 is 0 Å². The topological polar surface area (TPSA) is 58.4 Å². The van der Waals surface area contributed by atoms with Crippen molar-refractivity contribution >= 4 is 5.91 Å². The van der Waals surface area contributed by atoms with Crippen molar-refractivity contribution in [2.24, 2.45) is 5.41 Å². The third-order valence-electron chi connectivity index (χ3n) is 4.08. The third kappa shape index (κ3) is 4.06. The number of aryl methyl sites for hydroxylation is 2. The first-order valence-electron chi connectivity index (χ1n) is 7.72. The fraction of sp³-hybridized carbons (Fsp3) is 0.750. The highest BCUT2D eigenvalue weighted by molar-refractivity contribution is 5.81. The van der Waals surface area contributed by atoms with Crippen molar-refractivity contribution < 1.29 is 9.32 Å². The van der Waals surface area contributed by atoms with Crippen LogP contribution in [-0.4, -0.2) is 35.1 Å². The minimum Gasteiger partial charge on any atom is -0.361 e. The van der Waals surface area contributed by atoms with Crippen molar-refractivity contribution in [3.05, 3.63) is 17.0 Å². The van der Waals surface area contributed by atoms with Crippen LogP contribution in [0.2, 0.25) is 0 Å². The molecule has 5 heteroatoms. The number of nitrogens with one attached hydrogen (secondary N) is 1. The molecule has 118 valence electrons. The summed E-state index contributed by atoms with van der Waals surface area (Å²) in [6, 6.07) is 0.242. The van der Waals surface area contributed by atoms with Crippen molar-refractivity contribution in [2.45, 2.75) is 60.0 Å². The molecule has 2 rings (SSSR count). The molecule has 1 saturated heterocycles. The van der Waals surface area contributed by atoms with Gasteiger partial charge in [0.15, 0.2) is 0 Å². The highest BCUT2D eigenvalue weighted by atomic mass is 16.5. The van der Waals surface area contributed by atoms with E-state index in [1.807, 2.05) is 34.6 Å². The first-order valence-corrected chi connectivity index (χ1v) is 7.72. The standard InChI is InChI=1S/C16H27N3O2/c1-11-14(12(2)21-18-11)10-19-8-6-7-13(9-19)17-15(20)16(3,4)5/h13H,6-10H2,1-5H3,(H,17,20). The summed E-state index contributed by atoms with van der Waals surface area (Å²) in [7, 11) is 0. The molecule has 1 fully saturated rings. The molecular weight excluding hydrogens is 266 g/mol. The van der Waals surface area contributed by atoms with E-state index in [-0.39, 0.29) is 17.4 Å². The molecule has 1 N–H and O–H groups in total. The molecular formula is C16H27N3O2. The number of hydrogen-bond acceptors (Lipinski definition) is 4. The summed E-state index contributed by atoms with van der Waals surface area (Å²) in [6.07, 6.45) is 2.17. The van der Waals surface area contributed by atoms with Crippen LogP contribution in [0, 0.1) is 19.3 Å². The number of amides is 1. The van der Waals surface area contributed by atoms with E-state index in [2.05, 4.69) is 15.4 Å². The maximum Gasteiger partial charge on any atom is 0.225 e. The molecule has 0 saturated carbocycles. The normalized spacial score (nSPS) is 20.5. The van der Waals surface area contributed by atoms with Crippen LogP contribution < -0.4 is 5.32 Å². The van der Waals surface area contributed by atoms with Gasteiger partial charge in [0.05, 0.1) is 5.69 Å².